The second-order valence-corrected chi connectivity index (χ2v) is 7.51. The predicted octanol–water partition coefficient (Wildman–Crippen LogP) is 2.66. The van der Waals surface area contributed by atoms with Gasteiger partial charge in [0.25, 0.3) is 5.91 Å². The highest BCUT2D eigenvalue weighted by atomic mass is 16.5. The third kappa shape index (κ3) is 6.28. The zero-order valence-corrected chi connectivity index (χ0v) is 19.6. The molecule has 1 aliphatic rings. The summed E-state index contributed by atoms with van der Waals surface area (Å²) < 4.78 is 15.5. The van der Waals surface area contributed by atoms with Crippen LogP contribution in [-0.2, 0) is 25.5 Å². The minimum absolute atomic E-state index is 0.0702. The quantitative estimate of drug-likeness (QED) is 0.518. The lowest BCUT2D eigenvalue weighted by Gasteiger charge is -2.21. The Hall–Kier alpha value is -4.01. The fourth-order valence-electron chi connectivity index (χ4n) is 3.58. The van der Waals surface area contributed by atoms with Crippen LogP contribution in [0.15, 0.2) is 54.2 Å². The van der Waals surface area contributed by atoms with E-state index < -0.39 is 11.9 Å². The number of rotatable bonds is 10. The van der Waals surface area contributed by atoms with Gasteiger partial charge in [-0.3, -0.25) is 19.3 Å². The average molecular weight is 468 g/mol. The molecule has 0 fully saturated rings. The number of carbonyl (C=O) groups is 3. The summed E-state index contributed by atoms with van der Waals surface area (Å²) in [5.74, 6) is 0.124. The topological polar surface area (TPSA) is 106 Å². The van der Waals surface area contributed by atoms with Crippen LogP contribution in [0.3, 0.4) is 0 Å². The van der Waals surface area contributed by atoms with Crippen molar-refractivity contribution in [3.63, 3.8) is 0 Å². The van der Waals surface area contributed by atoms with Gasteiger partial charge in [-0.1, -0.05) is 18.2 Å². The number of hydrogen-bond donors (Lipinski definition) is 2. The van der Waals surface area contributed by atoms with Gasteiger partial charge >= 0.3 is 5.97 Å². The standard InChI is InChI=1S/C25H29N3O6/c1-4-34-25(31)15-18-14-24(30)28(20-8-6-5-7-19(20)27-18)16-23(29)26-12-11-17-9-10-21(32-2)22(13-17)33-3/h5-10,13-14,27H,4,11-12,15-16H2,1-3H3,(H,26,29). The van der Waals surface area contributed by atoms with E-state index in [1.807, 2.05) is 24.3 Å². The molecular weight excluding hydrogens is 438 g/mol. The number of nitrogens with one attached hydrogen (secondary N) is 2. The summed E-state index contributed by atoms with van der Waals surface area (Å²) in [6.45, 7) is 2.21. The number of esters is 1. The van der Waals surface area contributed by atoms with Crippen molar-refractivity contribution < 1.29 is 28.6 Å². The van der Waals surface area contributed by atoms with Crippen LogP contribution in [-0.4, -0.2) is 51.7 Å². The lowest BCUT2D eigenvalue weighted by molar-refractivity contribution is -0.142. The van der Waals surface area contributed by atoms with Crippen LogP contribution in [0.1, 0.15) is 18.9 Å². The van der Waals surface area contributed by atoms with Crippen LogP contribution in [0.5, 0.6) is 11.5 Å². The Morgan fingerprint density at radius 3 is 2.56 bits per heavy atom. The summed E-state index contributed by atoms with van der Waals surface area (Å²) in [5, 5.41) is 5.97. The van der Waals surface area contributed by atoms with Crippen molar-refractivity contribution in [3.8, 4) is 11.5 Å². The number of carbonyl (C=O) groups excluding carboxylic acids is 3. The third-order valence-electron chi connectivity index (χ3n) is 5.18. The smallest absolute Gasteiger partial charge is 0.311 e. The molecule has 2 aromatic rings. The zero-order valence-electron chi connectivity index (χ0n) is 19.6. The number of ether oxygens (including phenoxy) is 3. The Kier molecular flexibility index (Phi) is 8.50. The van der Waals surface area contributed by atoms with E-state index in [4.69, 9.17) is 14.2 Å². The largest absolute Gasteiger partial charge is 0.493 e. The molecular formula is C25H29N3O6. The second-order valence-electron chi connectivity index (χ2n) is 7.51. The first-order chi connectivity index (χ1) is 16.4. The van der Waals surface area contributed by atoms with Crippen LogP contribution in [0.2, 0.25) is 0 Å². The number of anilines is 2. The summed E-state index contributed by atoms with van der Waals surface area (Å²) in [5.41, 5.74) is 2.57. The van der Waals surface area contributed by atoms with E-state index >= 15 is 0 Å². The van der Waals surface area contributed by atoms with E-state index in [-0.39, 0.29) is 25.5 Å². The fourth-order valence-corrected chi connectivity index (χ4v) is 3.58. The van der Waals surface area contributed by atoms with E-state index in [1.165, 1.54) is 11.0 Å². The first kappa shape index (κ1) is 24.6. The zero-order chi connectivity index (χ0) is 24.5. The molecule has 0 saturated carbocycles. The Morgan fingerprint density at radius 2 is 1.82 bits per heavy atom. The normalized spacial score (nSPS) is 12.6. The first-order valence-corrected chi connectivity index (χ1v) is 11.0. The Balaban J connectivity index is 1.65. The maximum atomic E-state index is 12.9. The molecule has 0 aromatic heterocycles. The molecule has 1 aliphatic heterocycles. The predicted molar refractivity (Wildman–Crippen MR) is 128 cm³/mol. The lowest BCUT2D eigenvalue weighted by atomic mass is 10.1. The van der Waals surface area contributed by atoms with Crippen LogP contribution < -0.4 is 25.0 Å². The lowest BCUT2D eigenvalue weighted by Crippen LogP contribution is -2.40. The number of hydrogen-bond acceptors (Lipinski definition) is 7. The SMILES string of the molecule is CCOC(=O)CC1=CC(=O)N(CC(=O)NCCc2ccc(OC)c(OC)c2)c2ccccc2N1. The molecule has 2 aromatic carbocycles. The van der Waals surface area contributed by atoms with Crippen LogP contribution >= 0.6 is 0 Å². The molecule has 2 amide bonds. The highest BCUT2D eigenvalue weighted by Crippen LogP contribution is 2.30. The summed E-state index contributed by atoms with van der Waals surface area (Å²) in [7, 11) is 3.14. The van der Waals surface area contributed by atoms with Crippen LogP contribution in [0, 0.1) is 0 Å². The number of nitrogens with zero attached hydrogens (tertiary/aromatic N) is 1. The fraction of sp³-hybridized carbons (Fsp3) is 0.320. The molecule has 0 unspecified atom stereocenters. The highest BCUT2D eigenvalue weighted by molar-refractivity contribution is 6.09. The van der Waals surface area contributed by atoms with Gasteiger partial charge in [0, 0.05) is 18.3 Å². The highest BCUT2D eigenvalue weighted by Gasteiger charge is 2.25. The molecule has 34 heavy (non-hydrogen) atoms. The second kappa shape index (κ2) is 11.7. The summed E-state index contributed by atoms with van der Waals surface area (Å²) >= 11 is 0. The molecule has 2 N–H and O–H groups in total. The molecule has 0 radical (unpaired) electrons. The van der Waals surface area contributed by atoms with E-state index in [2.05, 4.69) is 10.6 Å². The monoisotopic (exact) mass is 467 g/mol. The van der Waals surface area contributed by atoms with Gasteiger partial charge in [0.1, 0.15) is 6.54 Å². The van der Waals surface area contributed by atoms with Crippen molar-refractivity contribution in [2.45, 2.75) is 19.8 Å². The molecule has 0 saturated heterocycles. The third-order valence-corrected chi connectivity index (χ3v) is 5.18. The van der Waals surface area contributed by atoms with Gasteiger partial charge in [0.2, 0.25) is 5.91 Å². The molecule has 0 bridgehead atoms. The molecule has 0 spiro atoms. The van der Waals surface area contributed by atoms with Crippen molar-refractivity contribution in [1.29, 1.82) is 0 Å². The van der Waals surface area contributed by atoms with E-state index in [0.717, 1.165) is 5.56 Å². The van der Waals surface area contributed by atoms with Gasteiger partial charge in [0.05, 0.1) is 38.6 Å². The van der Waals surface area contributed by atoms with Crippen molar-refractivity contribution in [2.24, 2.45) is 0 Å². The Bertz CT molecular complexity index is 1080. The summed E-state index contributed by atoms with van der Waals surface area (Å²) in [6.07, 6.45) is 1.84. The molecule has 0 atom stereocenters. The van der Waals surface area contributed by atoms with E-state index in [0.29, 0.717) is 41.5 Å². The molecule has 1 heterocycles. The van der Waals surface area contributed by atoms with Crippen molar-refractivity contribution in [1.82, 2.24) is 5.32 Å². The van der Waals surface area contributed by atoms with Gasteiger partial charge in [-0.2, -0.15) is 0 Å². The van der Waals surface area contributed by atoms with Gasteiger partial charge in [-0.05, 0) is 43.2 Å². The van der Waals surface area contributed by atoms with Gasteiger partial charge in [-0.15, -0.1) is 0 Å². The van der Waals surface area contributed by atoms with Crippen molar-refractivity contribution >= 4 is 29.2 Å². The van der Waals surface area contributed by atoms with Gasteiger partial charge in [0.15, 0.2) is 11.5 Å². The van der Waals surface area contributed by atoms with Gasteiger partial charge in [-0.25, -0.2) is 0 Å². The number of benzene rings is 2. The summed E-state index contributed by atoms with van der Waals surface area (Å²) in [6, 6.07) is 12.7. The minimum Gasteiger partial charge on any atom is -0.493 e. The van der Waals surface area contributed by atoms with Crippen LogP contribution in [0.4, 0.5) is 11.4 Å². The van der Waals surface area contributed by atoms with Crippen molar-refractivity contribution in [3.05, 3.63) is 59.8 Å². The number of para-hydroxylation sites is 2. The van der Waals surface area contributed by atoms with Crippen LogP contribution in [0.25, 0.3) is 0 Å². The first-order valence-electron chi connectivity index (χ1n) is 11.0. The Morgan fingerprint density at radius 1 is 1.06 bits per heavy atom. The maximum Gasteiger partial charge on any atom is 0.311 e. The van der Waals surface area contributed by atoms with E-state index in [1.54, 1.807) is 39.3 Å². The average Bonchev–Trinajstić information content (AvgIpc) is 2.95. The molecule has 180 valence electrons. The molecule has 9 nitrogen and oxygen atoms in total. The maximum absolute atomic E-state index is 12.9. The number of fused-ring (bicyclic) bond motifs is 1. The number of amides is 2. The molecule has 9 heteroatoms. The minimum atomic E-state index is -0.437. The molecule has 3 rings (SSSR count). The van der Waals surface area contributed by atoms with Gasteiger partial charge < -0.3 is 24.8 Å². The van der Waals surface area contributed by atoms with Crippen molar-refractivity contribution in [2.75, 3.05) is 44.1 Å². The number of methoxy groups -OCH3 is 2. The summed E-state index contributed by atoms with van der Waals surface area (Å²) in [4.78, 5) is 38.9. The molecule has 0 aliphatic carbocycles. The Labute approximate surface area is 198 Å². The van der Waals surface area contributed by atoms with E-state index in [9.17, 15) is 14.4 Å².